The topological polar surface area (TPSA) is 15.3 Å². The molecule has 0 aliphatic carbocycles. The van der Waals surface area contributed by atoms with Crippen molar-refractivity contribution < 1.29 is 4.39 Å². The molecule has 0 aliphatic heterocycles. The smallest absolute Gasteiger partial charge is 0.123 e. The van der Waals surface area contributed by atoms with Crippen LogP contribution >= 0.6 is 0 Å². The minimum atomic E-state index is -0.168. The Morgan fingerprint density at radius 2 is 1.71 bits per heavy atom. The van der Waals surface area contributed by atoms with Crippen molar-refractivity contribution in [2.75, 3.05) is 20.1 Å². The monoisotopic (exact) mass is 294 g/mol. The van der Waals surface area contributed by atoms with E-state index in [4.69, 9.17) is 0 Å². The van der Waals surface area contributed by atoms with E-state index < -0.39 is 0 Å². The van der Waals surface area contributed by atoms with Crippen LogP contribution in [0.5, 0.6) is 0 Å². The van der Waals surface area contributed by atoms with Crippen LogP contribution in [0.3, 0.4) is 0 Å². The van der Waals surface area contributed by atoms with Crippen LogP contribution in [-0.4, -0.2) is 31.1 Å². The summed E-state index contributed by atoms with van der Waals surface area (Å²) in [6.07, 6.45) is 2.33. The lowest BCUT2D eigenvalue weighted by Crippen LogP contribution is -2.44. The van der Waals surface area contributed by atoms with Gasteiger partial charge in [0.25, 0.3) is 0 Å². The van der Waals surface area contributed by atoms with Crippen LogP contribution in [0.4, 0.5) is 4.39 Å². The van der Waals surface area contributed by atoms with Crippen LogP contribution in [0.25, 0.3) is 0 Å². The van der Waals surface area contributed by atoms with Gasteiger partial charge in [-0.05, 0) is 43.0 Å². The largest absolute Gasteiger partial charge is 0.314 e. The van der Waals surface area contributed by atoms with E-state index in [1.807, 2.05) is 12.1 Å². The molecule has 0 aliphatic rings. The molecule has 0 heterocycles. The Morgan fingerprint density at radius 1 is 1.14 bits per heavy atom. The van der Waals surface area contributed by atoms with Crippen molar-refractivity contribution in [3.63, 3.8) is 0 Å². The minimum Gasteiger partial charge on any atom is -0.314 e. The highest BCUT2D eigenvalue weighted by Gasteiger charge is 2.27. The van der Waals surface area contributed by atoms with Gasteiger partial charge in [-0.25, -0.2) is 4.39 Å². The number of rotatable bonds is 9. The molecule has 0 atom stereocenters. The van der Waals surface area contributed by atoms with Gasteiger partial charge in [0.15, 0.2) is 0 Å². The van der Waals surface area contributed by atoms with Gasteiger partial charge in [-0.2, -0.15) is 0 Å². The Hall–Kier alpha value is -0.930. The molecule has 0 amide bonds. The second kappa shape index (κ2) is 8.50. The summed E-state index contributed by atoms with van der Waals surface area (Å²) in [6, 6.07) is 7.34. The Balaban J connectivity index is 2.62. The lowest BCUT2D eigenvalue weighted by atomic mass is 9.81. The van der Waals surface area contributed by atoms with E-state index in [0.29, 0.717) is 11.5 Å². The number of nitrogens with one attached hydrogen (secondary N) is 1. The van der Waals surface area contributed by atoms with E-state index >= 15 is 0 Å². The molecule has 0 fully saturated rings. The predicted molar refractivity (Wildman–Crippen MR) is 88.9 cm³/mol. The van der Waals surface area contributed by atoms with Gasteiger partial charge in [0, 0.05) is 25.7 Å². The summed E-state index contributed by atoms with van der Waals surface area (Å²) < 4.78 is 13.0. The molecule has 0 aromatic heterocycles. The molecule has 1 aromatic rings. The molecule has 0 spiro atoms. The van der Waals surface area contributed by atoms with Crippen LogP contribution in [-0.2, 0) is 6.54 Å². The number of halogens is 1. The maximum Gasteiger partial charge on any atom is 0.123 e. The van der Waals surface area contributed by atoms with Crippen LogP contribution in [0.15, 0.2) is 24.3 Å². The van der Waals surface area contributed by atoms with E-state index in [-0.39, 0.29) is 5.82 Å². The predicted octanol–water partition coefficient (Wildman–Crippen LogP) is 4.06. The fourth-order valence-corrected chi connectivity index (χ4v) is 2.73. The summed E-state index contributed by atoms with van der Waals surface area (Å²) in [5.41, 5.74) is 1.47. The summed E-state index contributed by atoms with van der Waals surface area (Å²) in [4.78, 5) is 2.35. The van der Waals surface area contributed by atoms with Crippen LogP contribution in [0.2, 0.25) is 0 Å². The third-order valence-electron chi connectivity index (χ3n) is 4.36. The van der Waals surface area contributed by atoms with E-state index in [2.05, 4.69) is 45.0 Å². The Labute approximate surface area is 129 Å². The van der Waals surface area contributed by atoms with Crippen molar-refractivity contribution in [2.24, 2.45) is 5.41 Å². The first-order valence-corrected chi connectivity index (χ1v) is 8.07. The zero-order chi connectivity index (χ0) is 15.9. The summed E-state index contributed by atoms with van der Waals surface area (Å²) in [6.45, 7) is 11.9. The number of nitrogens with zero attached hydrogens (tertiary/aromatic N) is 1. The summed E-state index contributed by atoms with van der Waals surface area (Å²) >= 11 is 0. The van der Waals surface area contributed by atoms with Crippen molar-refractivity contribution in [1.82, 2.24) is 10.2 Å². The SMILES string of the molecule is CCC(CC)(CNC(C)C)CN(C)Cc1ccc(F)cc1. The molecule has 0 saturated carbocycles. The Bertz CT molecular complexity index is 396. The second-order valence-corrected chi connectivity index (χ2v) is 6.54. The molecule has 0 unspecified atom stereocenters. The van der Waals surface area contributed by atoms with Gasteiger partial charge in [0.2, 0.25) is 0 Å². The molecule has 21 heavy (non-hydrogen) atoms. The van der Waals surface area contributed by atoms with E-state index in [1.54, 1.807) is 0 Å². The zero-order valence-electron chi connectivity index (χ0n) is 14.2. The molecule has 1 aromatic carbocycles. The molecule has 1 rings (SSSR count). The standard InChI is InChI=1S/C18H31FN2/c1-6-18(7-2,13-20-15(3)4)14-21(5)12-16-8-10-17(19)11-9-16/h8-11,15,20H,6-7,12-14H2,1-5H3. The van der Waals surface area contributed by atoms with E-state index in [0.717, 1.165) is 38.0 Å². The van der Waals surface area contributed by atoms with Gasteiger partial charge in [-0.15, -0.1) is 0 Å². The highest BCUT2D eigenvalue weighted by atomic mass is 19.1. The molecule has 120 valence electrons. The summed E-state index contributed by atoms with van der Waals surface area (Å²) in [7, 11) is 2.15. The molecule has 2 nitrogen and oxygen atoms in total. The van der Waals surface area contributed by atoms with Crippen molar-refractivity contribution in [2.45, 2.75) is 53.1 Å². The van der Waals surface area contributed by atoms with E-state index in [9.17, 15) is 4.39 Å². The molecular formula is C18H31FN2. The average Bonchev–Trinajstić information content (AvgIpc) is 2.46. The quantitative estimate of drug-likeness (QED) is 0.739. The first-order valence-electron chi connectivity index (χ1n) is 8.07. The van der Waals surface area contributed by atoms with E-state index in [1.165, 1.54) is 12.1 Å². The van der Waals surface area contributed by atoms with Crippen LogP contribution < -0.4 is 5.32 Å². The van der Waals surface area contributed by atoms with Gasteiger partial charge in [0.05, 0.1) is 0 Å². The van der Waals surface area contributed by atoms with Gasteiger partial charge in [-0.3, -0.25) is 0 Å². The third kappa shape index (κ3) is 6.15. The average molecular weight is 294 g/mol. The number of hydrogen-bond acceptors (Lipinski definition) is 2. The van der Waals surface area contributed by atoms with Crippen molar-refractivity contribution in [1.29, 1.82) is 0 Å². The Morgan fingerprint density at radius 3 is 2.19 bits per heavy atom. The normalized spacial score (nSPS) is 12.4. The second-order valence-electron chi connectivity index (χ2n) is 6.54. The Kier molecular flexibility index (Phi) is 7.33. The van der Waals surface area contributed by atoms with Gasteiger partial charge >= 0.3 is 0 Å². The first-order chi connectivity index (χ1) is 9.90. The number of benzene rings is 1. The third-order valence-corrected chi connectivity index (χ3v) is 4.36. The zero-order valence-corrected chi connectivity index (χ0v) is 14.2. The molecule has 1 N–H and O–H groups in total. The minimum absolute atomic E-state index is 0.168. The highest BCUT2D eigenvalue weighted by molar-refractivity contribution is 5.15. The van der Waals surface area contributed by atoms with Gasteiger partial charge in [0.1, 0.15) is 5.82 Å². The molecular weight excluding hydrogens is 263 g/mol. The first kappa shape index (κ1) is 18.1. The summed E-state index contributed by atoms with van der Waals surface area (Å²) in [5, 5.41) is 3.59. The van der Waals surface area contributed by atoms with Crippen molar-refractivity contribution >= 4 is 0 Å². The fourth-order valence-electron chi connectivity index (χ4n) is 2.73. The molecule has 0 radical (unpaired) electrons. The molecule has 0 bridgehead atoms. The lowest BCUT2D eigenvalue weighted by Gasteiger charge is -2.36. The summed E-state index contributed by atoms with van der Waals surface area (Å²) in [5.74, 6) is -0.168. The fraction of sp³-hybridized carbons (Fsp3) is 0.667. The lowest BCUT2D eigenvalue weighted by molar-refractivity contribution is 0.148. The van der Waals surface area contributed by atoms with Crippen molar-refractivity contribution in [3.8, 4) is 0 Å². The van der Waals surface area contributed by atoms with Crippen LogP contribution in [0.1, 0.15) is 46.1 Å². The van der Waals surface area contributed by atoms with Gasteiger partial charge < -0.3 is 10.2 Å². The highest BCUT2D eigenvalue weighted by Crippen LogP contribution is 2.27. The number of hydrogen-bond donors (Lipinski definition) is 1. The van der Waals surface area contributed by atoms with Crippen LogP contribution in [0, 0.1) is 11.2 Å². The van der Waals surface area contributed by atoms with Crippen molar-refractivity contribution in [3.05, 3.63) is 35.6 Å². The maximum absolute atomic E-state index is 13.0. The maximum atomic E-state index is 13.0. The molecule has 3 heteroatoms. The van der Waals surface area contributed by atoms with Gasteiger partial charge in [-0.1, -0.05) is 39.8 Å². The molecule has 0 saturated heterocycles.